The van der Waals surface area contributed by atoms with Crippen LogP contribution >= 0.6 is 15.9 Å². The molecule has 0 bridgehead atoms. The van der Waals surface area contributed by atoms with Crippen molar-refractivity contribution in [2.45, 2.75) is 52.0 Å². The summed E-state index contributed by atoms with van der Waals surface area (Å²) in [6.07, 6.45) is 6.82. The Kier molecular flexibility index (Phi) is 7.05. The average molecular weight is 354 g/mol. The molecule has 0 radical (unpaired) electrons. The molecule has 1 aromatic carbocycles. The van der Waals surface area contributed by atoms with Gasteiger partial charge in [-0.05, 0) is 49.9 Å². The molecular formula is C18H28BrNO. The van der Waals surface area contributed by atoms with Crippen molar-refractivity contribution in [2.24, 2.45) is 5.92 Å². The van der Waals surface area contributed by atoms with Crippen molar-refractivity contribution in [3.8, 4) is 5.75 Å². The molecule has 1 fully saturated rings. The van der Waals surface area contributed by atoms with Gasteiger partial charge in [0.25, 0.3) is 0 Å². The van der Waals surface area contributed by atoms with Crippen molar-refractivity contribution in [3.63, 3.8) is 0 Å². The number of benzene rings is 1. The molecule has 0 amide bonds. The molecule has 0 heterocycles. The fraction of sp³-hybridized carbons (Fsp3) is 0.667. The number of hydrogen-bond donors (Lipinski definition) is 0. The van der Waals surface area contributed by atoms with Crippen LogP contribution in [0, 0.1) is 5.92 Å². The quantitative estimate of drug-likeness (QED) is 0.643. The summed E-state index contributed by atoms with van der Waals surface area (Å²) < 4.78 is 6.99. The highest BCUT2D eigenvalue weighted by Crippen LogP contribution is 2.24. The summed E-state index contributed by atoms with van der Waals surface area (Å²) in [6, 6.07) is 8.90. The van der Waals surface area contributed by atoms with Gasteiger partial charge in [0.05, 0.1) is 0 Å². The molecule has 0 atom stereocenters. The first-order valence-electron chi connectivity index (χ1n) is 8.27. The van der Waals surface area contributed by atoms with E-state index in [1.807, 2.05) is 24.3 Å². The third-order valence-electron chi connectivity index (χ3n) is 4.28. The van der Waals surface area contributed by atoms with Crippen LogP contribution in [0.1, 0.15) is 46.0 Å². The lowest BCUT2D eigenvalue weighted by Crippen LogP contribution is -2.37. The lowest BCUT2D eigenvalue weighted by atomic mass is 10.1. The zero-order chi connectivity index (χ0) is 15.1. The number of nitrogens with zero attached hydrogens (tertiary/aromatic N) is 1. The summed E-state index contributed by atoms with van der Waals surface area (Å²) in [5, 5.41) is 0. The zero-order valence-corrected chi connectivity index (χ0v) is 14.9. The molecule has 1 aromatic rings. The van der Waals surface area contributed by atoms with Crippen molar-refractivity contribution in [2.75, 3.05) is 19.7 Å². The Morgan fingerprint density at radius 3 is 2.67 bits per heavy atom. The number of rotatable bonds is 8. The topological polar surface area (TPSA) is 12.5 Å². The molecule has 21 heavy (non-hydrogen) atoms. The standard InChI is InChI=1S/C18H28BrNO/c1-15(2)10-11-20(17-7-3-4-8-17)12-13-21-18-9-5-6-16(19)14-18/h5-6,9,14-15,17H,3-4,7-8,10-13H2,1-2H3. The Morgan fingerprint density at radius 1 is 1.24 bits per heavy atom. The van der Waals surface area contributed by atoms with E-state index in [0.717, 1.165) is 35.3 Å². The van der Waals surface area contributed by atoms with Crippen LogP contribution < -0.4 is 4.74 Å². The second-order valence-corrected chi connectivity index (χ2v) is 7.38. The van der Waals surface area contributed by atoms with Gasteiger partial charge in [-0.2, -0.15) is 0 Å². The number of halogens is 1. The molecule has 3 heteroatoms. The van der Waals surface area contributed by atoms with Gasteiger partial charge in [0, 0.05) is 17.1 Å². The highest BCUT2D eigenvalue weighted by Gasteiger charge is 2.22. The maximum Gasteiger partial charge on any atom is 0.120 e. The van der Waals surface area contributed by atoms with Gasteiger partial charge in [0.15, 0.2) is 0 Å². The Labute approximate surface area is 138 Å². The smallest absolute Gasteiger partial charge is 0.120 e. The van der Waals surface area contributed by atoms with E-state index in [0.29, 0.717) is 0 Å². The van der Waals surface area contributed by atoms with Crippen molar-refractivity contribution >= 4 is 15.9 Å². The summed E-state index contributed by atoms with van der Waals surface area (Å²) in [7, 11) is 0. The van der Waals surface area contributed by atoms with Crippen LogP contribution in [0.25, 0.3) is 0 Å². The molecule has 2 rings (SSSR count). The monoisotopic (exact) mass is 353 g/mol. The summed E-state index contributed by atoms with van der Waals surface area (Å²) in [5.74, 6) is 1.74. The SMILES string of the molecule is CC(C)CCN(CCOc1cccc(Br)c1)C1CCCC1. The van der Waals surface area contributed by atoms with E-state index in [4.69, 9.17) is 4.74 Å². The first-order valence-corrected chi connectivity index (χ1v) is 9.07. The van der Waals surface area contributed by atoms with Gasteiger partial charge < -0.3 is 4.74 Å². The van der Waals surface area contributed by atoms with E-state index in [1.165, 1.54) is 38.6 Å². The Hall–Kier alpha value is -0.540. The molecular weight excluding hydrogens is 326 g/mol. The van der Waals surface area contributed by atoms with Crippen LogP contribution in [0.5, 0.6) is 5.75 Å². The molecule has 1 saturated carbocycles. The lowest BCUT2D eigenvalue weighted by molar-refractivity contribution is 0.153. The Morgan fingerprint density at radius 2 is 2.00 bits per heavy atom. The van der Waals surface area contributed by atoms with Gasteiger partial charge in [-0.3, -0.25) is 4.90 Å². The van der Waals surface area contributed by atoms with Crippen LogP contribution in [-0.4, -0.2) is 30.6 Å². The van der Waals surface area contributed by atoms with Gasteiger partial charge in [0.1, 0.15) is 12.4 Å². The third-order valence-corrected chi connectivity index (χ3v) is 4.77. The van der Waals surface area contributed by atoms with Crippen LogP contribution in [0.15, 0.2) is 28.7 Å². The van der Waals surface area contributed by atoms with E-state index >= 15 is 0 Å². The van der Waals surface area contributed by atoms with Gasteiger partial charge in [-0.1, -0.05) is 48.7 Å². The Bertz CT molecular complexity index is 415. The van der Waals surface area contributed by atoms with E-state index in [9.17, 15) is 0 Å². The average Bonchev–Trinajstić information content (AvgIpc) is 2.96. The van der Waals surface area contributed by atoms with Gasteiger partial charge in [-0.25, -0.2) is 0 Å². The highest BCUT2D eigenvalue weighted by atomic mass is 79.9. The van der Waals surface area contributed by atoms with Gasteiger partial charge in [-0.15, -0.1) is 0 Å². The van der Waals surface area contributed by atoms with Gasteiger partial charge in [0.2, 0.25) is 0 Å². The van der Waals surface area contributed by atoms with Crippen molar-refractivity contribution in [1.82, 2.24) is 4.90 Å². The van der Waals surface area contributed by atoms with Crippen molar-refractivity contribution in [1.29, 1.82) is 0 Å². The second kappa shape index (κ2) is 8.79. The van der Waals surface area contributed by atoms with E-state index < -0.39 is 0 Å². The third kappa shape index (κ3) is 5.99. The minimum atomic E-state index is 0.778. The molecule has 0 aromatic heterocycles. The van der Waals surface area contributed by atoms with Crippen molar-refractivity contribution < 1.29 is 4.74 Å². The summed E-state index contributed by atoms with van der Waals surface area (Å²) in [5.41, 5.74) is 0. The number of ether oxygens (including phenoxy) is 1. The molecule has 0 spiro atoms. The van der Waals surface area contributed by atoms with E-state index in [1.54, 1.807) is 0 Å². The molecule has 0 aliphatic heterocycles. The molecule has 118 valence electrons. The van der Waals surface area contributed by atoms with Crippen LogP contribution in [0.4, 0.5) is 0 Å². The van der Waals surface area contributed by atoms with Crippen LogP contribution in [-0.2, 0) is 0 Å². The molecule has 0 N–H and O–H groups in total. The fourth-order valence-corrected chi connectivity index (χ4v) is 3.39. The van der Waals surface area contributed by atoms with Gasteiger partial charge >= 0.3 is 0 Å². The first kappa shape index (κ1) is 16.8. The summed E-state index contributed by atoms with van der Waals surface area (Å²) >= 11 is 3.49. The second-order valence-electron chi connectivity index (χ2n) is 6.46. The molecule has 0 saturated heterocycles. The first-order chi connectivity index (χ1) is 10.1. The van der Waals surface area contributed by atoms with E-state index in [-0.39, 0.29) is 0 Å². The molecule has 0 unspecified atom stereocenters. The normalized spacial score (nSPS) is 16.0. The maximum absolute atomic E-state index is 5.91. The molecule has 1 aliphatic rings. The van der Waals surface area contributed by atoms with E-state index in [2.05, 4.69) is 34.7 Å². The predicted molar refractivity (Wildman–Crippen MR) is 92.9 cm³/mol. The Balaban J connectivity index is 1.80. The summed E-state index contributed by atoms with van der Waals surface area (Å²) in [6.45, 7) is 7.66. The highest BCUT2D eigenvalue weighted by molar-refractivity contribution is 9.10. The molecule has 1 aliphatic carbocycles. The predicted octanol–water partition coefficient (Wildman–Crippen LogP) is 5.12. The summed E-state index contributed by atoms with van der Waals surface area (Å²) in [4.78, 5) is 2.66. The van der Waals surface area contributed by atoms with Crippen LogP contribution in [0.3, 0.4) is 0 Å². The fourth-order valence-electron chi connectivity index (χ4n) is 3.01. The lowest BCUT2D eigenvalue weighted by Gasteiger charge is -2.29. The largest absolute Gasteiger partial charge is 0.492 e. The van der Waals surface area contributed by atoms with Crippen molar-refractivity contribution in [3.05, 3.63) is 28.7 Å². The number of hydrogen-bond acceptors (Lipinski definition) is 2. The zero-order valence-electron chi connectivity index (χ0n) is 13.4. The molecule has 2 nitrogen and oxygen atoms in total. The minimum absolute atomic E-state index is 0.778. The van der Waals surface area contributed by atoms with Crippen LogP contribution in [0.2, 0.25) is 0 Å². The maximum atomic E-state index is 5.91. The minimum Gasteiger partial charge on any atom is -0.492 e.